The number of rotatable bonds is 15. The lowest BCUT2D eigenvalue weighted by Gasteiger charge is -2.10. The van der Waals surface area contributed by atoms with Crippen LogP contribution in [0.1, 0.15) is 104 Å². The number of aliphatic carboxylic acids is 1. The lowest BCUT2D eigenvalue weighted by molar-refractivity contribution is -0.137. The third-order valence-corrected chi connectivity index (χ3v) is 5.29. The quantitative estimate of drug-likeness (QED) is 0.354. The molecular weight excluding hydrogens is 272 g/mol. The molecule has 0 aromatic heterocycles. The fraction of sp³-hybridized carbons (Fsp3) is 0.950. The summed E-state index contributed by atoms with van der Waals surface area (Å²) in [6, 6.07) is 0. The molecule has 0 spiro atoms. The van der Waals surface area contributed by atoms with Crippen LogP contribution >= 0.6 is 0 Å². The van der Waals surface area contributed by atoms with E-state index in [9.17, 15) is 4.79 Å². The summed E-state index contributed by atoms with van der Waals surface area (Å²) >= 11 is 0. The SMILES string of the molecule is CCCCCCCC[C@H]1C[C@H]1CC(C)CCCCCC(=O)O. The van der Waals surface area contributed by atoms with Crippen molar-refractivity contribution in [2.45, 2.75) is 104 Å². The number of hydrogen-bond acceptors (Lipinski definition) is 1. The van der Waals surface area contributed by atoms with Crippen molar-refractivity contribution in [3.8, 4) is 0 Å². The van der Waals surface area contributed by atoms with Crippen molar-refractivity contribution in [1.82, 2.24) is 0 Å². The summed E-state index contributed by atoms with van der Waals surface area (Å²) in [5.74, 6) is 2.25. The van der Waals surface area contributed by atoms with E-state index in [4.69, 9.17) is 5.11 Å². The van der Waals surface area contributed by atoms with Crippen molar-refractivity contribution in [3.05, 3.63) is 0 Å². The second kappa shape index (κ2) is 12.0. The molecule has 0 aliphatic heterocycles. The fourth-order valence-corrected chi connectivity index (χ4v) is 3.72. The number of carbonyl (C=O) groups is 1. The molecule has 2 nitrogen and oxygen atoms in total. The normalized spacial score (nSPS) is 21.7. The van der Waals surface area contributed by atoms with Gasteiger partial charge in [0.05, 0.1) is 0 Å². The molecule has 0 amide bonds. The Morgan fingerprint density at radius 3 is 2.41 bits per heavy atom. The molecule has 0 aromatic carbocycles. The van der Waals surface area contributed by atoms with Crippen LogP contribution in [-0.2, 0) is 4.79 Å². The zero-order valence-corrected chi connectivity index (χ0v) is 15.0. The van der Waals surface area contributed by atoms with Crippen LogP contribution in [0.15, 0.2) is 0 Å². The number of carboxylic acid groups (broad SMARTS) is 1. The molecule has 0 radical (unpaired) electrons. The maximum atomic E-state index is 10.4. The summed E-state index contributed by atoms with van der Waals surface area (Å²) in [6.45, 7) is 4.67. The zero-order valence-electron chi connectivity index (χ0n) is 15.0. The molecule has 130 valence electrons. The van der Waals surface area contributed by atoms with E-state index in [0.29, 0.717) is 6.42 Å². The van der Waals surface area contributed by atoms with Crippen LogP contribution in [0.3, 0.4) is 0 Å². The standard InChI is InChI=1S/C20H38O2/c1-3-4-5-6-7-10-13-18-16-19(18)15-17(2)12-9-8-11-14-20(21)22/h17-19H,3-16H2,1-2H3,(H,21,22)/t17?,18-,19+/m0/s1. The van der Waals surface area contributed by atoms with Crippen LogP contribution < -0.4 is 0 Å². The predicted octanol–water partition coefficient (Wildman–Crippen LogP) is 6.43. The molecule has 1 N–H and O–H groups in total. The minimum absolute atomic E-state index is 0.345. The molecule has 0 saturated heterocycles. The van der Waals surface area contributed by atoms with Gasteiger partial charge in [0.2, 0.25) is 0 Å². The first kappa shape index (κ1) is 19.5. The van der Waals surface area contributed by atoms with Crippen LogP contribution in [0.5, 0.6) is 0 Å². The van der Waals surface area contributed by atoms with Crippen molar-refractivity contribution in [1.29, 1.82) is 0 Å². The summed E-state index contributed by atoms with van der Waals surface area (Å²) < 4.78 is 0. The highest BCUT2D eigenvalue weighted by molar-refractivity contribution is 5.66. The summed E-state index contributed by atoms with van der Waals surface area (Å²) in [6.07, 6.45) is 17.7. The molecule has 0 aromatic rings. The Kier molecular flexibility index (Phi) is 10.6. The first-order valence-electron chi connectivity index (χ1n) is 9.85. The Labute approximate surface area is 138 Å². The Morgan fingerprint density at radius 1 is 1.00 bits per heavy atom. The van der Waals surface area contributed by atoms with E-state index in [1.165, 1.54) is 70.6 Å². The van der Waals surface area contributed by atoms with Gasteiger partial charge in [-0.3, -0.25) is 4.79 Å². The van der Waals surface area contributed by atoms with Gasteiger partial charge in [-0.25, -0.2) is 0 Å². The average molecular weight is 311 g/mol. The molecule has 1 rings (SSSR count). The van der Waals surface area contributed by atoms with Crippen molar-refractivity contribution in [3.63, 3.8) is 0 Å². The van der Waals surface area contributed by atoms with Crippen LogP contribution in [0.25, 0.3) is 0 Å². The third-order valence-electron chi connectivity index (χ3n) is 5.29. The molecule has 22 heavy (non-hydrogen) atoms. The van der Waals surface area contributed by atoms with Gasteiger partial charge in [-0.15, -0.1) is 0 Å². The van der Waals surface area contributed by atoms with Crippen LogP contribution in [0.2, 0.25) is 0 Å². The van der Waals surface area contributed by atoms with E-state index < -0.39 is 5.97 Å². The van der Waals surface area contributed by atoms with Gasteiger partial charge >= 0.3 is 5.97 Å². The average Bonchev–Trinajstić information content (AvgIpc) is 3.20. The highest BCUT2D eigenvalue weighted by Gasteiger charge is 2.36. The van der Waals surface area contributed by atoms with Gasteiger partial charge in [0.25, 0.3) is 0 Å². The van der Waals surface area contributed by atoms with E-state index in [-0.39, 0.29) is 0 Å². The summed E-state index contributed by atoms with van der Waals surface area (Å²) in [7, 11) is 0. The smallest absolute Gasteiger partial charge is 0.303 e. The predicted molar refractivity (Wildman–Crippen MR) is 94.1 cm³/mol. The Morgan fingerprint density at radius 2 is 1.68 bits per heavy atom. The lowest BCUT2D eigenvalue weighted by atomic mass is 9.95. The fourth-order valence-electron chi connectivity index (χ4n) is 3.72. The second-order valence-electron chi connectivity index (χ2n) is 7.65. The molecule has 1 aliphatic carbocycles. The molecule has 3 atom stereocenters. The Balaban J connectivity index is 1.88. The molecule has 2 heteroatoms. The molecule has 0 bridgehead atoms. The Bertz CT molecular complexity index is 287. The number of hydrogen-bond donors (Lipinski definition) is 1. The second-order valence-corrected chi connectivity index (χ2v) is 7.65. The van der Waals surface area contributed by atoms with E-state index in [0.717, 1.165) is 30.6 Å². The minimum atomic E-state index is -0.649. The van der Waals surface area contributed by atoms with Crippen LogP contribution in [0.4, 0.5) is 0 Å². The van der Waals surface area contributed by atoms with Crippen molar-refractivity contribution >= 4 is 5.97 Å². The monoisotopic (exact) mass is 310 g/mol. The van der Waals surface area contributed by atoms with Gasteiger partial charge in [-0.05, 0) is 37.0 Å². The number of unbranched alkanes of at least 4 members (excludes halogenated alkanes) is 7. The zero-order chi connectivity index (χ0) is 16.2. The van der Waals surface area contributed by atoms with Gasteiger partial charge in [0, 0.05) is 6.42 Å². The highest BCUT2D eigenvalue weighted by atomic mass is 16.4. The summed E-state index contributed by atoms with van der Waals surface area (Å²) in [5.41, 5.74) is 0. The molecule has 1 unspecified atom stereocenters. The molecule has 1 aliphatic rings. The van der Waals surface area contributed by atoms with E-state index in [2.05, 4.69) is 13.8 Å². The summed E-state index contributed by atoms with van der Waals surface area (Å²) in [4.78, 5) is 10.4. The molecule has 1 saturated carbocycles. The van der Waals surface area contributed by atoms with Gasteiger partial charge in [-0.2, -0.15) is 0 Å². The van der Waals surface area contributed by atoms with Crippen molar-refractivity contribution < 1.29 is 9.90 Å². The first-order valence-corrected chi connectivity index (χ1v) is 9.85. The topological polar surface area (TPSA) is 37.3 Å². The van der Waals surface area contributed by atoms with Crippen molar-refractivity contribution in [2.75, 3.05) is 0 Å². The Hall–Kier alpha value is -0.530. The van der Waals surface area contributed by atoms with Gasteiger partial charge in [0.1, 0.15) is 0 Å². The molecule has 1 fully saturated rings. The minimum Gasteiger partial charge on any atom is -0.481 e. The van der Waals surface area contributed by atoms with Gasteiger partial charge < -0.3 is 5.11 Å². The summed E-state index contributed by atoms with van der Waals surface area (Å²) in [5, 5.41) is 8.61. The highest BCUT2D eigenvalue weighted by Crippen LogP contribution is 2.46. The third kappa shape index (κ3) is 10.2. The number of carboxylic acids is 1. The van der Waals surface area contributed by atoms with E-state index in [1.54, 1.807) is 0 Å². The maximum absolute atomic E-state index is 10.4. The van der Waals surface area contributed by atoms with Gasteiger partial charge in [-0.1, -0.05) is 78.1 Å². The van der Waals surface area contributed by atoms with Gasteiger partial charge in [0.15, 0.2) is 0 Å². The van der Waals surface area contributed by atoms with Crippen molar-refractivity contribution in [2.24, 2.45) is 17.8 Å². The molecule has 0 heterocycles. The van der Waals surface area contributed by atoms with Crippen LogP contribution in [-0.4, -0.2) is 11.1 Å². The lowest BCUT2D eigenvalue weighted by Crippen LogP contribution is -1.99. The largest absolute Gasteiger partial charge is 0.481 e. The van der Waals surface area contributed by atoms with E-state index >= 15 is 0 Å². The molecular formula is C20H38O2. The van der Waals surface area contributed by atoms with E-state index in [1.807, 2.05) is 0 Å². The van der Waals surface area contributed by atoms with Crippen LogP contribution in [0, 0.1) is 17.8 Å². The maximum Gasteiger partial charge on any atom is 0.303 e. The first-order chi connectivity index (χ1) is 10.6.